The van der Waals surface area contributed by atoms with Crippen molar-refractivity contribution in [1.29, 1.82) is 0 Å². The fourth-order valence-corrected chi connectivity index (χ4v) is 6.05. The third-order valence-corrected chi connectivity index (χ3v) is 7.73. The van der Waals surface area contributed by atoms with Crippen LogP contribution in [-0.2, 0) is 6.18 Å². The molecule has 0 N–H and O–H groups in total. The van der Waals surface area contributed by atoms with Gasteiger partial charge < -0.3 is 0 Å². The molecular formula is C26H31F5. The summed E-state index contributed by atoms with van der Waals surface area (Å²) >= 11 is 0. The van der Waals surface area contributed by atoms with E-state index in [2.05, 4.69) is 6.92 Å². The van der Waals surface area contributed by atoms with Gasteiger partial charge in [0.25, 0.3) is 0 Å². The highest BCUT2D eigenvalue weighted by Crippen LogP contribution is 2.49. The Bertz CT molecular complexity index is 916. The molecule has 4 atom stereocenters. The van der Waals surface area contributed by atoms with Gasteiger partial charge in [-0.2, -0.15) is 13.2 Å². The third-order valence-electron chi connectivity index (χ3n) is 7.73. The minimum Gasteiger partial charge on any atom is -0.206 e. The standard InChI is InChI=1S/C26H31F5/c1-2-3-4-5-16-6-7-18-11-19(9-8-17(18)10-16)20-12-21-14-25(28)23(26(29,30)31)15-22(21)24(27)13-20/h12-19H,2-11H2,1H3. The summed E-state index contributed by atoms with van der Waals surface area (Å²) in [7, 11) is 0. The van der Waals surface area contributed by atoms with Crippen LogP contribution < -0.4 is 0 Å². The van der Waals surface area contributed by atoms with Gasteiger partial charge in [-0.3, -0.25) is 0 Å². The predicted octanol–water partition coefficient (Wildman–Crippen LogP) is 9.02. The van der Waals surface area contributed by atoms with E-state index in [0.717, 1.165) is 42.7 Å². The van der Waals surface area contributed by atoms with Gasteiger partial charge in [0.1, 0.15) is 11.6 Å². The summed E-state index contributed by atoms with van der Waals surface area (Å²) in [6, 6.07) is 4.50. The van der Waals surface area contributed by atoms with E-state index in [-0.39, 0.29) is 16.7 Å². The third kappa shape index (κ3) is 4.90. The highest BCUT2D eigenvalue weighted by atomic mass is 19.4. The summed E-state index contributed by atoms with van der Waals surface area (Å²) in [5, 5.41) is 0.0426. The molecule has 0 aliphatic heterocycles. The lowest BCUT2D eigenvalue weighted by Gasteiger charge is -2.42. The quantitative estimate of drug-likeness (QED) is 0.323. The maximum Gasteiger partial charge on any atom is 0.419 e. The van der Waals surface area contributed by atoms with Crippen molar-refractivity contribution in [1.82, 2.24) is 0 Å². The van der Waals surface area contributed by atoms with Gasteiger partial charge in [-0.25, -0.2) is 8.78 Å². The molecule has 0 amide bonds. The normalized spacial score (nSPS) is 26.8. The van der Waals surface area contributed by atoms with Crippen LogP contribution in [0.25, 0.3) is 10.8 Å². The van der Waals surface area contributed by atoms with Crippen molar-refractivity contribution in [2.24, 2.45) is 17.8 Å². The van der Waals surface area contributed by atoms with E-state index < -0.39 is 23.4 Å². The van der Waals surface area contributed by atoms with E-state index in [1.54, 1.807) is 6.07 Å². The molecule has 0 nitrogen and oxygen atoms in total. The van der Waals surface area contributed by atoms with Crippen molar-refractivity contribution >= 4 is 10.8 Å². The molecule has 2 fully saturated rings. The maximum atomic E-state index is 14.7. The number of fused-ring (bicyclic) bond motifs is 2. The topological polar surface area (TPSA) is 0 Å². The van der Waals surface area contributed by atoms with Gasteiger partial charge in [0.05, 0.1) is 5.56 Å². The molecule has 0 radical (unpaired) electrons. The summed E-state index contributed by atoms with van der Waals surface area (Å²) in [6.07, 6.45) is 7.28. The Hall–Kier alpha value is -1.65. The second-order valence-corrected chi connectivity index (χ2v) is 9.76. The van der Waals surface area contributed by atoms with Crippen molar-refractivity contribution in [3.8, 4) is 0 Å². The first-order valence-electron chi connectivity index (χ1n) is 11.8. The maximum absolute atomic E-state index is 14.7. The van der Waals surface area contributed by atoms with Crippen molar-refractivity contribution in [3.05, 3.63) is 47.0 Å². The Morgan fingerprint density at radius 2 is 1.58 bits per heavy atom. The van der Waals surface area contributed by atoms with Gasteiger partial charge in [0, 0.05) is 5.39 Å². The van der Waals surface area contributed by atoms with E-state index in [0.29, 0.717) is 12.0 Å². The second-order valence-electron chi connectivity index (χ2n) is 9.76. The molecule has 31 heavy (non-hydrogen) atoms. The zero-order valence-corrected chi connectivity index (χ0v) is 18.1. The molecule has 0 spiro atoms. The molecule has 4 unspecified atom stereocenters. The molecule has 0 aromatic heterocycles. The number of hydrogen-bond acceptors (Lipinski definition) is 0. The zero-order valence-electron chi connectivity index (χ0n) is 18.1. The van der Waals surface area contributed by atoms with Crippen LogP contribution in [0.2, 0.25) is 0 Å². The SMILES string of the molecule is CCCCCC1CCC2CC(c3cc(F)c4cc(C(F)(F)F)c(F)cc4c3)CCC2C1. The molecule has 2 aliphatic carbocycles. The number of alkyl halides is 3. The van der Waals surface area contributed by atoms with Gasteiger partial charge in [0.2, 0.25) is 0 Å². The van der Waals surface area contributed by atoms with E-state index in [9.17, 15) is 22.0 Å². The first-order chi connectivity index (χ1) is 14.8. The summed E-state index contributed by atoms with van der Waals surface area (Å²) in [5.74, 6) is 0.384. The number of benzene rings is 2. The second kappa shape index (κ2) is 9.07. The zero-order chi connectivity index (χ0) is 22.2. The Kier molecular flexibility index (Phi) is 6.60. The first kappa shape index (κ1) is 22.5. The van der Waals surface area contributed by atoms with Crippen molar-refractivity contribution < 1.29 is 22.0 Å². The monoisotopic (exact) mass is 438 g/mol. The molecular weight excluding hydrogens is 407 g/mol. The summed E-state index contributed by atoms with van der Waals surface area (Å²) < 4.78 is 67.8. The Morgan fingerprint density at radius 3 is 2.32 bits per heavy atom. The van der Waals surface area contributed by atoms with Crippen LogP contribution in [0.1, 0.15) is 88.2 Å². The van der Waals surface area contributed by atoms with Gasteiger partial charge in [-0.1, -0.05) is 45.1 Å². The van der Waals surface area contributed by atoms with Gasteiger partial charge in [0.15, 0.2) is 0 Å². The van der Waals surface area contributed by atoms with Gasteiger partial charge in [-0.05, 0) is 84.9 Å². The lowest BCUT2D eigenvalue weighted by Crippen LogP contribution is -2.30. The molecule has 2 aromatic carbocycles. The number of rotatable bonds is 5. The van der Waals surface area contributed by atoms with Crippen LogP contribution >= 0.6 is 0 Å². The van der Waals surface area contributed by atoms with E-state index in [1.165, 1.54) is 51.0 Å². The Labute approximate surface area is 181 Å². The van der Waals surface area contributed by atoms with Crippen molar-refractivity contribution in [2.75, 3.05) is 0 Å². The summed E-state index contributed by atoms with van der Waals surface area (Å²) in [4.78, 5) is 0. The van der Waals surface area contributed by atoms with Gasteiger partial charge >= 0.3 is 6.18 Å². The average molecular weight is 439 g/mol. The average Bonchev–Trinajstić information content (AvgIpc) is 2.72. The van der Waals surface area contributed by atoms with Crippen molar-refractivity contribution in [2.45, 2.75) is 83.2 Å². The van der Waals surface area contributed by atoms with Crippen molar-refractivity contribution in [3.63, 3.8) is 0 Å². The fourth-order valence-electron chi connectivity index (χ4n) is 6.05. The lowest BCUT2D eigenvalue weighted by molar-refractivity contribution is -0.139. The van der Waals surface area contributed by atoms with Crippen LogP contribution in [0, 0.1) is 29.4 Å². The highest BCUT2D eigenvalue weighted by Gasteiger charge is 2.37. The molecule has 0 heterocycles. The molecule has 0 bridgehead atoms. The molecule has 2 aliphatic rings. The van der Waals surface area contributed by atoms with Crippen LogP contribution in [0.3, 0.4) is 0 Å². The molecule has 2 saturated carbocycles. The fraction of sp³-hybridized carbons (Fsp3) is 0.615. The smallest absolute Gasteiger partial charge is 0.206 e. The van der Waals surface area contributed by atoms with Crippen LogP contribution in [0.5, 0.6) is 0 Å². The Balaban J connectivity index is 1.49. The predicted molar refractivity (Wildman–Crippen MR) is 114 cm³/mol. The van der Waals surface area contributed by atoms with E-state index in [1.807, 2.05) is 0 Å². The van der Waals surface area contributed by atoms with Gasteiger partial charge in [-0.15, -0.1) is 0 Å². The van der Waals surface area contributed by atoms with Crippen LogP contribution in [0.4, 0.5) is 22.0 Å². The Morgan fingerprint density at radius 1 is 0.839 bits per heavy atom. The number of hydrogen-bond donors (Lipinski definition) is 0. The number of unbranched alkanes of at least 4 members (excludes halogenated alkanes) is 2. The minimum absolute atomic E-state index is 0.168. The minimum atomic E-state index is -4.84. The largest absolute Gasteiger partial charge is 0.419 e. The first-order valence-corrected chi connectivity index (χ1v) is 11.8. The molecule has 5 heteroatoms. The highest BCUT2D eigenvalue weighted by molar-refractivity contribution is 5.85. The molecule has 2 aromatic rings. The van der Waals surface area contributed by atoms with Crippen LogP contribution in [0.15, 0.2) is 24.3 Å². The molecule has 0 saturated heterocycles. The summed E-state index contributed by atoms with van der Waals surface area (Å²) in [5.41, 5.74) is -0.615. The van der Waals surface area contributed by atoms with Crippen LogP contribution in [-0.4, -0.2) is 0 Å². The lowest BCUT2D eigenvalue weighted by atomic mass is 9.63. The molecule has 170 valence electrons. The molecule has 4 rings (SSSR count). The van der Waals surface area contributed by atoms with E-state index >= 15 is 0 Å². The summed E-state index contributed by atoms with van der Waals surface area (Å²) in [6.45, 7) is 2.23. The van der Waals surface area contributed by atoms with E-state index in [4.69, 9.17) is 0 Å². The number of halogens is 5.